The molecule has 0 N–H and O–H groups in total. The summed E-state index contributed by atoms with van der Waals surface area (Å²) in [5.41, 5.74) is -0.190. The first-order valence-corrected chi connectivity index (χ1v) is 3.33. The minimum absolute atomic E-state index is 0.0134. The van der Waals surface area contributed by atoms with E-state index >= 15 is 0 Å². The molecule has 6 heteroatoms. The van der Waals surface area contributed by atoms with Gasteiger partial charge in [0.1, 0.15) is 16.7 Å². The zero-order valence-corrected chi connectivity index (χ0v) is 6.65. The summed E-state index contributed by atoms with van der Waals surface area (Å²) in [4.78, 5) is 13.5. The summed E-state index contributed by atoms with van der Waals surface area (Å²) >= 11 is 3.81. The molecule has 0 saturated heterocycles. The van der Waals surface area contributed by atoms with Crippen LogP contribution in [0.4, 0.5) is 5.69 Å². The quantitative estimate of drug-likeness (QED) is 0.400. The van der Waals surface area contributed by atoms with Gasteiger partial charge < -0.3 is 0 Å². The minimum atomic E-state index is -0.606. The van der Waals surface area contributed by atoms with E-state index in [4.69, 9.17) is 5.26 Å². The Bertz CT molecular complexity index is 372. The van der Waals surface area contributed by atoms with Crippen LogP contribution >= 0.6 is 12.6 Å². The number of hydrogen-bond donors (Lipinski definition) is 1. The number of nitro groups is 1. The largest absolute Gasteiger partial charge is 0.287 e. The van der Waals surface area contributed by atoms with Crippen molar-refractivity contribution in [2.75, 3.05) is 0 Å². The van der Waals surface area contributed by atoms with Crippen LogP contribution < -0.4 is 0 Å². The van der Waals surface area contributed by atoms with Crippen LogP contribution in [0.15, 0.2) is 17.2 Å². The molecule has 0 atom stereocenters. The second-order valence-electron chi connectivity index (χ2n) is 1.93. The molecule has 0 fully saturated rings. The molecule has 0 aromatic carbocycles. The van der Waals surface area contributed by atoms with Crippen LogP contribution in [0.1, 0.15) is 5.69 Å². The van der Waals surface area contributed by atoms with Gasteiger partial charge in [-0.25, -0.2) is 4.98 Å². The fourth-order valence-corrected chi connectivity index (χ4v) is 0.849. The van der Waals surface area contributed by atoms with Crippen LogP contribution in [-0.4, -0.2) is 9.91 Å². The summed E-state index contributed by atoms with van der Waals surface area (Å²) in [6, 6.07) is 2.79. The molecule has 12 heavy (non-hydrogen) atoms. The van der Waals surface area contributed by atoms with Crippen LogP contribution in [0.5, 0.6) is 0 Å². The van der Waals surface area contributed by atoms with Gasteiger partial charge in [0.25, 0.3) is 5.69 Å². The number of hydrogen-bond acceptors (Lipinski definition) is 5. The summed E-state index contributed by atoms with van der Waals surface area (Å²) in [6.07, 6.45) is 1.18. The number of aromatic nitrogens is 1. The lowest BCUT2D eigenvalue weighted by molar-refractivity contribution is -0.387. The normalized spacial score (nSPS) is 9.00. The number of nitriles is 1. The van der Waals surface area contributed by atoms with Gasteiger partial charge in [0.05, 0.1) is 11.0 Å². The average Bonchev–Trinajstić information content (AvgIpc) is 2.05. The molecule has 0 spiro atoms. The van der Waals surface area contributed by atoms with Gasteiger partial charge in [-0.2, -0.15) is 5.26 Å². The minimum Gasteiger partial charge on any atom is -0.258 e. The van der Waals surface area contributed by atoms with Gasteiger partial charge in [-0.05, 0) is 0 Å². The van der Waals surface area contributed by atoms with Gasteiger partial charge in [-0.3, -0.25) is 10.1 Å². The predicted molar refractivity (Wildman–Crippen MR) is 42.9 cm³/mol. The fraction of sp³-hybridized carbons (Fsp3) is 0. The summed E-state index contributed by atoms with van der Waals surface area (Å²) < 4.78 is 0. The standard InChI is InChI=1S/C6H3N3O2S/c7-2-4-1-5(9(10)11)6(12)3-8-4/h1,3,12H. The van der Waals surface area contributed by atoms with Crippen LogP contribution in [0, 0.1) is 21.4 Å². The van der Waals surface area contributed by atoms with E-state index in [-0.39, 0.29) is 16.3 Å². The van der Waals surface area contributed by atoms with Crippen molar-refractivity contribution in [3.63, 3.8) is 0 Å². The van der Waals surface area contributed by atoms with Crippen molar-refractivity contribution in [1.82, 2.24) is 4.98 Å². The average molecular weight is 181 g/mol. The third-order valence-electron chi connectivity index (χ3n) is 1.17. The van der Waals surface area contributed by atoms with E-state index in [0.717, 1.165) is 6.07 Å². The molecular formula is C6H3N3O2S. The highest BCUT2D eigenvalue weighted by Gasteiger charge is 2.11. The topological polar surface area (TPSA) is 79.8 Å². The molecule has 1 heterocycles. The SMILES string of the molecule is N#Cc1cc([N+](=O)[O-])c(S)cn1. The van der Waals surface area contributed by atoms with Crippen molar-refractivity contribution in [3.8, 4) is 6.07 Å². The predicted octanol–water partition coefficient (Wildman–Crippen LogP) is 1.15. The van der Waals surface area contributed by atoms with Gasteiger partial charge in [0.2, 0.25) is 0 Å². The van der Waals surface area contributed by atoms with Gasteiger partial charge in [0, 0.05) is 6.20 Å². The first kappa shape index (κ1) is 8.49. The molecule has 0 saturated carbocycles. The number of thiol groups is 1. The number of nitrogens with zero attached hydrogens (tertiary/aromatic N) is 3. The van der Waals surface area contributed by atoms with E-state index in [1.54, 1.807) is 6.07 Å². The van der Waals surface area contributed by atoms with E-state index in [1.807, 2.05) is 0 Å². The van der Waals surface area contributed by atoms with Crippen molar-refractivity contribution < 1.29 is 4.92 Å². The zero-order valence-electron chi connectivity index (χ0n) is 5.76. The van der Waals surface area contributed by atoms with E-state index in [1.165, 1.54) is 6.20 Å². The molecule has 1 rings (SSSR count). The molecule has 0 aliphatic heterocycles. The first-order valence-electron chi connectivity index (χ1n) is 2.88. The van der Waals surface area contributed by atoms with Crippen molar-refractivity contribution in [2.45, 2.75) is 4.90 Å². The third-order valence-corrected chi connectivity index (χ3v) is 1.52. The second kappa shape index (κ2) is 3.19. The van der Waals surface area contributed by atoms with Gasteiger partial charge >= 0.3 is 0 Å². The van der Waals surface area contributed by atoms with Crippen molar-refractivity contribution in [3.05, 3.63) is 28.1 Å². The van der Waals surface area contributed by atoms with Crippen LogP contribution in [0.3, 0.4) is 0 Å². The molecule has 5 nitrogen and oxygen atoms in total. The Morgan fingerprint density at radius 2 is 2.42 bits per heavy atom. The third kappa shape index (κ3) is 1.52. The smallest absolute Gasteiger partial charge is 0.258 e. The molecule has 0 amide bonds. The highest BCUT2D eigenvalue weighted by molar-refractivity contribution is 7.80. The molecule has 0 unspecified atom stereocenters. The highest BCUT2D eigenvalue weighted by atomic mass is 32.1. The lowest BCUT2D eigenvalue weighted by atomic mass is 10.3. The monoisotopic (exact) mass is 181 g/mol. The molecule has 1 aromatic heterocycles. The molecule has 0 aliphatic rings. The van der Waals surface area contributed by atoms with E-state index in [0.29, 0.717) is 0 Å². The summed E-state index contributed by atoms with van der Waals surface area (Å²) in [6.45, 7) is 0. The second-order valence-corrected chi connectivity index (χ2v) is 2.41. The van der Waals surface area contributed by atoms with Crippen molar-refractivity contribution in [2.24, 2.45) is 0 Å². The molecule has 1 aromatic rings. The van der Waals surface area contributed by atoms with Gasteiger partial charge in [-0.1, -0.05) is 0 Å². The lowest BCUT2D eigenvalue weighted by Gasteiger charge is -1.93. The molecule has 60 valence electrons. The molecule has 0 aliphatic carbocycles. The molecule has 0 radical (unpaired) electrons. The summed E-state index contributed by atoms with van der Waals surface area (Å²) in [5, 5.41) is 18.7. The van der Waals surface area contributed by atoms with E-state index < -0.39 is 4.92 Å². The van der Waals surface area contributed by atoms with Crippen molar-refractivity contribution in [1.29, 1.82) is 5.26 Å². The lowest BCUT2D eigenvalue weighted by Crippen LogP contribution is -1.92. The molecular weight excluding hydrogens is 178 g/mol. The van der Waals surface area contributed by atoms with E-state index in [2.05, 4.69) is 17.6 Å². The Morgan fingerprint density at radius 3 is 2.92 bits per heavy atom. The summed E-state index contributed by atoms with van der Waals surface area (Å²) in [7, 11) is 0. The Hall–Kier alpha value is -1.61. The number of rotatable bonds is 1. The van der Waals surface area contributed by atoms with E-state index in [9.17, 15) is 10.1 Å². The maximum atomic E-state index is 10.3. The zero-order chi connectivity index (χ0) is 9.14. The van der Waals surface area contributed by atoms with Crippen LogP contribution in [0.2, 0.25) is 0 Å². The van der Waals surface area contributed by atoms with Crippen LogP contribution in [-0.2, 0) is 0 Å². The fourth-order valence-electron chi connectivity index (χ4n) is 0.645. The Labute approximate surface area is 73.2 Å². The number of pyridine rings is 1. The van der Waals surface area contributed by atoms with Gasteiger partial charge in [-0.15, -0.1) is 12.6 Å². The highest BCUT2D eigenvalue weighted by Crippen LogP contribution is 2.21. The Balaban J connectivity index is 3.28. The first-order chi connectivity index (χ1) is 5.65. The van der Waals surface area contributed by atoms with Crippen molar-refractivity contribution >= 4 is 18.3 Å². The van der Waals surface area contributed by atoms with Crippen LogP contribution in [0.25, 0.3) is 0 Å². The Morgan fingerprint density at radius 1 is 1.75 bits per heavy atom. The van der Waals surface area contributed by atoms with Gasteiger partial charge in [0.15, 0.2) is 0 Å². The Kier molecular flexibility index (Phi) is 2.26. The maximum absolute atomic E-state index is 10.3. The summed E-state index contributed by atoms with van der Waals surface area (Å²) in [5.74, 6) is 0. The molecule has 0 bridgehead atoms. The maximum Gasteiger partial charge on any atom is 0.287 e.